The van der Waals surface area contributed by atoms with Crippen LogP contribution in [-0.2, 0) is 14.3 Å². The third-order valence-corrected chi connectivity index (χ3v) is 7.12. The Bertz CT molecular complexity index is 1010. The number of thiazole rings is 1. The second kappa shape index (κ2) is 15.6. The van der Waals surface area contributed by atoms with E-state index in [4.69, 9.17) is 37.5 Å². The third kappa shape index (κ3) is 10.2. The number of halogens is 2. The average Bonchev–Trinajstić information content (AvgIpc) is 3.25. The number of rotatable bonds is 15. The first kappa shape index (κ1) is 29.8. The van der Waals surface area contributed by atoms with Gasteiger partial charge in [0.1, 0.15) is 27.8 Å². The molecule has 0 amide bonds. The maximum absolute atomic E-state index is 9.54. The number of aromatic nitrogens is 2. The molecule has 0 bridgehead atoms. The molecule has 14 heteroatoms. The lowest BCUT2D eigenvalue weighted by atomic mass is 10.3. The summed E-state index contributed by atoms with van der Waals surface area (Å²) < 4.78 is 13.1. The fourth-order valence-electron chi connectivity index (χ4n) is 2.78. The smallest absolute Gasteiger partial charge is 0.154 e. The van der Waals surface area contributed by atoms with Gasteiger partial charge >= 0.3 is 0 Å². The van der Waals surface area contributed by atoms with Crippen LogP contribution >= 0.6 is 50.6 Å². The van der Waals surface area contributed by atoms with Gasteiger partial charge in [-0.05, 0) is 42.8 Å². The molecule has 0 aliphatic heterocycles. The molecule has 0 aliphatic carbocycles. The van der Waals surface area contributed by atoms with E-state index >= 15 is 0 Å². The molecule has 2 aromatic rings. The summed E-state index contributed by atoms with van der Waals surface area (Å²) in [5, 5.41) is 13.6. The predicted molar refractivity (Wildman–Crippen MR) is 142 cm³/mol. The van der Waals surface area contributed by atoms with Crippen LogP contribution in [-0.4, -0.2) is 58.9 Å². The van der Waals surface area contributed by atoms with Gasteiger partial charge in [0.25, 0.3) is 0 Å². The van der Waals surface area contributed by atoms with Gasteiger partial charge in [0, 0.05) is 40.3 Å². The Balaban J connectivity index is 2.26. The Kier molecular flexibility index (Phi) is 13.3. The van der Waals surface area contributed by atoms with Crippen molar-refractivity contribution in [2.45, 2.75) is 43.3 Å². The first-order chi connectivity index (χ1) is 16.8. The summed E-state index contributed by atoms with van der Waals surface area (Å²) in [5.74, 6) is 6.26. The molecule has 2 rings (SSSR count). The largest absolute Gasteiger partial charge is 0.395 e. The van der Waals surface area contributed by atoms with Crippen LogP contribution in [0.25, 0.3) is 5.70 Å². The van der Waals surface area contributed by atoms with Crippen molar-refractivity contribution < 1.29 is 14.3 Å². The molecule has 0 saturated carbocycles. The highest BCUT2D eigenvalue weighted by Gasteiger charge is 2.29. The number of nitrogens with two attached hydrogens (primary N) is 2. The second-order valence-electron chi connectivity index (χ2n) is 7.08. The lowest BCUT2D eigenvalue weighted by Gasteiger charge is -2.31. The maximum Gasteiger partial charge on any atom is 0.154 e. The molecule has 0 aromatic carbocycles. The van der Waals surface area contributed by atoms with Crippen LogP contribution in [0.1, 0.15) is 31.5 Å². The van der Waals surface area contributed by atoms with Gasteiger partial charge in [-0.25, -0.2) is 15.8 Å². The van der Waals surface area contributed by atoms with Gasteiger partial charge in [0.15, 0.2) is 5.69 Å². The van der Waals surface area contributed by atoms with Crippen LogP contribution in [0.4, 0.5) is 0 Å². The minimum absolute atomic E-state index is 0.239. The maximum atomic E-state index is 9.54. The van der Waals surface area contributed by atoms with Crippen LogP contribution in [0.2, 0.25) is 5.15 Å². The molecule has 192 valence electrons. The van der Waals surface area contributed by atoms with Gasteiger partial charge in [-0.15, -0.1) is 11.3 Å². The van der Waals surface area contributed by atoms with Gasteiger partial charge in [-0.2, -0.15) is 10.7 Å². The normalized spacial score (nSPS) is 14.4. The number of nitrogens with one attached hydrogen (secondary N) is 1. The van der Waals surface area contributed by atoms with Crippen LogP contribution in [0.15, 0.2) is 33.2 Å². The first-order valence-corrected chi connectivity index (χ1v) is 13.6. The molecular formula is C21H29BrClN7O3S2. The van der Waals surface area contributed by atoms with Crippen LogP contribution in [0.3, 0.4) is 0 Å². The predicted octanol–water partition coefficient (Wildman–Crippen LogP) is 3.73. The lowest BCUT2D eigenvalue weighted by Crippen LogP contribution is -2.44. The molecule has 2 heterocycles. The summed E-state index contributed by atoms with van der Waals surface area (Å²) in [6, 6.07) is 3.94. The Morgan fingerprint density at radius 2 is 2.23 bits per heavy atom. The van der Waals surface area contributed by atoms with Crippen molar-refractivity contribution in [3.63, 3.8) is 0 Å². The molecule has 0 radical (unpaired) electrons. The minimum Gasteiger partial charge on any atom is -0.395 e. The van der Waals surface area contributed by atoms with E-state index in [1.54, 1.807) is 17.8 Å². The van der Waals surface area contributed by atoms with E-state index in [1.807, 2.05) is 26.8 Å². The highest BCUT2D eigenvalue weighted by atomic mass is 79.9. The van der Waals surface area contributed by atoms with Crippen molar-refractivity contribution in [1.82, 2.24) is 20.5 Å². The fourth-order valence-corrected chi connectivity index (χ4v) is 5.35. The highest BCUT2D eigenvalue weighted by Crippen LogP contribution is 2.32. The van der Waals surface area contributed by atoms with Crippen molar-refractivity contribution in [2.75, 3.05) is 26.3 Å². The van der Waals surface area contributed by atoms with Gasteiger partial charge < -0.3 is 25.1 Å². The van der Waals surface area contributed by atoms with Crippen LogP contribution in [0.5, 0.6) is 0 Å². The quantitative estimate of drug-likeness (QED) is 0.0896. The summed E-state index contributed by atoms with van der Waals surface area (Å²) in [7, 11) is 0. The van der Waals surface area contributed by atoms with E-state index in [2.05, 4.69) is 37.4 Å². The monoisotopic (exact) mass is 605 g/mol. The van der Waals surface area contributed by atoms with Crippen molar-refractivity contribution >= 4 is 56.3 Å². The number of nitrogens with zero attached hydrogens (tertiary/aromatic N) is 4. The molecule has 10 nitrogen and oxygen atoms in total. The highest BCUT2D eigenvalue weighted by molar-refractivity contribution is 9.10. The number of nitriles is 1. The molecule has 2 aromatic heterocycles. The van der Waals surface area contributed by atoms with E-state index in [-0.39, 0.29) is 18.3 Å². The van der Waals surface area contributed by atoms with Crippen molar-refractivity contribution in [1.29, 1.82) is 5.26 Å². The minimum atomic E-state index is -0.536. The SMILES string of the molecule is CCONCC(C)OC(Sc1cc(Br)cnc1C#N)[C@H](CN(N)/C=C(\N)c1nc(Cl)cs1)OCC. The zero-order chi connectivity index (χ0) is 25.8. The van der Waals surface area contributed by atoms with Crippen LogP contribution in [0, 0.1) is 11.3 Å². The Morgan fingerprint density at radius 1 is 1.46 bits per heavy atom. The lowest BCUT2D eigenvalue weighted by molar-refractivity contribution is -0.0723. The number of pyridine rings is 1. The molecule has 0 aliphatic rings. The fraction of sp³-hybridized carbons (Fsp3) is 0.476. The number of hydrogen-bond donors (Lipinski definition) is 3. The molecule has 0 fully saturated rings. The van der Waals surface area contributed by atoms with Crippen molar-refractivity contribution in [2.24, 2.45) is 11.6 Å². The van der Waals surface area contributed by atoms with Crippen molar-refractivity contribution in [3.8, 4) is 6.07 Å². The second-order valence-corrected chi connectivity index (χ2v) is 10.4. The Labute approximate surface area is 227 Å². The number of hydrogen-bond acceptors (Lipinski definition) is 12. The summed E-state index contributed by atoms with van der Waals surface area (Å²) in [4.78, 5) is 14.2. The molecule has 35 heavy (non-hydrogen) atoms. The Hall–Kier alpha value is -1.47. The molecule has 5 N–H and O–H groups in total. The first-order valence-electron chi connectivity index (χ1n) is 10.7. The summed E-state index contributed by atoms with van der Waals surface area (Å²) in [6.45, 7) is 7.35. The van der Waals surface area contributed by atoms with Gasteiger partial charge in [0.2, 0.25) is 0 Å². The number of hydrazine groups is 1. The third-order valence-electron chi connectivity index (χ3n) is 4.26. The number of hydroxylamine groups is 1. The topological polar surface area (TPSA) is 145 Å². The van der Waals surface area contributed by atoms with Gasteiger partial charge in [-0.1, -0.05) is 23.4 Å². The van der Waals surface area contributed by atoms with Crippen molar-refractivity contribution in [3.05, 3.63) is 44.2 Å². The van der Waals surface area contributed by atoms with E-state index < -0.39 is 11.5 Å². The zero-order valence-corrected chi connectivity index (χ0v) is 23.6. The van der Waals surface area contributed by atoms with E-state index in [0.717, 1.165) is 4.47 Å². The molecule has 3 atom stereocenters. The van der Waals surface area contributed by atoms with E-state index in [0.29, 0.717) is 40.5 Å². The van der Waals surface area contributed by atoms with E-state index in [9.17, 15) is 5.26 Å². The average molecular weight is 607 g/mol. The Morgan fingerprint density at radius 3 is 2.86 bits per heavy atom. The van der Waals surface area contributed by atoms with Crippen LogP contribution < -0.4 is 17.1 Å². The van der Waals surface area contributed by atoms with E-state index in [1.165, 1.54) is 28.1 Å². The summed E-state index contributed by atoms with van der Waals surface area (Å²) in [6.07, 6.45) is 2.42. The molecule has 0 saturated heterocycles. The number of thioether (sulfide) groups is 1. The summed E-state index contributed by atoms with van der Waals surface area (Å²) >= 11 is 12.0. The van der Waals surface area contributed by atoms with Gasteiger partial charge in [0.05, 0.1) is 25.0 Å². The summed E-state index contributed by atoms with van der Waals surface area (Å²) in [5.41, 5.74) is 9.14. The molecule has 2 unspecified atom stereocenters. The zero-order valence-electron chi connectivity index (χ0n) is 19.6. The molecule has 0 spiro atoms. The number of ether oxygens (including phenoxy) is 2. The molecular weight excluding hydrogens is 578 g/mol. The van der Waals surface area contributed by atoms with Gasteiger partial charge in [-0.3, -0.25) is 0 Å². The standard InChI is InChI=1S/C21H29BrClN7O3S2/c1-4-31-17(11-30(26)10-15(25)20-29-19(23)12-34-20)21(33-13(3)8-28-32-5-2)35-18-6-14(22)9-27-16(18)7-24/h6,9-10,12-13,17,21,28H,4-5,8,11,25-26H2,1-3H3/b15-10-/t13?,17-,21?/m0/s1.